The number of nitrogens with zero attached hydrogens (tertiary/aromatic N) is 7. The van der Waals surface area contributed by atoms with Crippen LogP contribution in [0.25, 0.3) is 11.3 Å². The molecule has 1 fully saturated rings. The van der Waals surface area contributed by atoms with Crippen molar-refractivity contribution in [3.8, 4) is 17.0 Å². The third kappa shape index (κ3) is 7.61. The molecular formula is C24H32N9O7P. The first-order valence-corrected chi connectivity index (χ1v) is 13.8. The summed E-state index contributed by atoms with van der Waals surface area (Å²) in [6.07, 6.45) is 4.22. The lowest BCUT2D eigenvalue weighted by Crippen LogP contribution is -2.32. The maximum atomic E-state index is 13.2. The fraction of sp³-hybridized carbons (Fsp3) is 0.458. The molecule has 0 saturated heterocycles. The van der Waals surface area contributed by atoms with Gasteiger partial charge in [0.15, 0.2) is 29.5 Å². The van der Waals surface area contributed by atoms with Gasteiger partial charge in [0.25, 0.3) is 11.8 Å². The number of phosphoric ester groups is 1. The standard InChI is InChI=1S/C24H32N9O7P/c1-24(2,3)40-41(36,37)39-13-33-18(29-22(34)14-7-8-14)11-16(19(31-33)23(35)25-4)28-21-20(38-6)15(9-10-26-21)17-12-27-32(5)30-17/h9-12,14H,7-8,13H2,1-6H3,(H,25,35)(H,26,28)(H,36,37)/i4D3. The number of amides is 2. The molecule has 1 saturated carbocycles. The summed E-state index contributed by atoms with van der Waals surface area (Å²) in [5, 5.41) is 17.3. The van der Waals surface area contributed by atoms with Crippen molar-refractivity contribution in [2.45, 2.75) is 45.9 Å². The third-order valence-electron chi connectivity index (χ3n) is 5.46. The van der Waals surface area contributed by atoms with Crippen LogP contribution in [0.3, 0.4) is 0 Å². The van der Waals surface area contributed by atoms with Gasteiger partial charge in [0.1, 0.15) is 5.69 Å². The van der Waals surface area contributed by atoms with Crippen LogP contribution in [0.1, 0.15) is 48.2 Å². The molecule has 3 heterocycles. The lowest BCUT2D eigenvalue weighted by atomic mass is 10.2. The highest BCUT2D eigenvalue weighted by Gasteiger charge is 2.31. The number of carbonyl (C=O) groups is 2. The smallest absolute Gasteiger partial charge is 0.474 e. The van der Waals surface area contributed by atoms with Gasteiger partial charge in [0.2, 0.25) is 0 Å². The Kier molecular flexibility index (Phi) is 7.51. The van der Waals surface area contributed by atoms with Crippen LogP contribution in [0.15, 0.2) is 29.5 Å². The summed E-state index contributed by atoms with van der Waals surface area (Å²) in [5.41, 5.74) is -0.901. The van der Waals surface area contributed by atoms with Gasteiger partial charge in [0.05, 0.1) is 30.2 Å². The Morgan fingerprint density at radius 1 is 1.32 bits per heavy atom. The van der Waals surface area contributed by atoms with E-state index in [1.807, 2.05) is 5.32 Å². The van der Waals surface area contributed by atoms with Crippen LogP contribution in [0.4, 0.5) is 11.5 Å². The van der Waals surface area contributed by atoms with E-state index in [1.54, 1.807) is 33.9 Å². The number of hydrogen-bond donors (Lipinski definition) is 3. The predicted octanol–water partition coefficient (Wildman–Crippen LogP) is 1.91. The Morgan fingerprint density at radius 3 is 2.68 bits per heavy atom. The summed E-state index contributed by atoms with van der Waals surface area (Å²) >= 11 is 0. The molecule has 0 aromatic carbocycles. The lowest BCUT2D eigenvalue weighted by Gasteiger charge is -2.23. The Balaban J connectivity index is 1.84. The molecule has 0 radical (unpaired) electrons. The van der Waals surface area contributed by atoms with Crippen LogP contribution in [0.2, 0.25) is 0 Å². The van der Waals surface area contributed by atoms with Gasteiger partial charge in [-0.15, -0.1) is 0 Å². The Hall–Kier alpha value is -3.98. The first kappa shape index (κ1) is 26.0. The molecule has 2 amide bonds. The number of anilines is 2. The van der Waals surface area contributed by atoms with Crippen molar-refractivity contribution in [3.63, 3.8) is 0 Å². The van der Waals surface area contributed by atoms with Crippen molar-refractivity contribution in [2.24, 2.45) is 18.0 Å². The molecule has 1 atom stereocenters. The zero-order valence-corrected chi connectivity index (χ0v) is 23.9. The fourth-order valence-electron chi connectivity index (χ4n) is 3.58. The molecule has 3 aromatic heterocycles. The van der Waals surface area contributed by atoms with Gasteiger partial charge >= 0.3 is 7.82 Å². The molecule has 3 N–H and O–H groups in total. The monoisotopic (exact) mass is 592 g/mol. The van der Waals surface area contributed by atoms with Crippen LogP contribution in [0.5, 0.6) is 5.75 Å². The largest absolute Gasteiger partial charge is 0.492 e. The second-order valence-corrected chi connectivity index (χ2v) is 11.3. The number of methoxy groups -OCH3 is 1. The fourth-order valence-corrected chi connectivity index (χ4v) is 4.58. The second-order valence-electron chi connectivity index (χ2n) is 9.96. The Labute approximate surface area is 239 Å². The summed E-state index contributed by atoms with van der Waals surface area (Å²) in [4.78, 5) is 45.8. The summed E-state index contributed by atoms with van der Waals surface area (Å²) in [6, 6.07) is 2.86. The summed E-state index contributed by atoms with van der Waals surface area (Å²) in [6.45, 7) is 0.932. The van der Waals surface area contributed by atoms with E-state index < -0.39 is 44.6 Å². The van der Waals surface area contributed by atoms with Crippen molar-refractivity contribution < 1.29 is 36.9 Å². The van der Waals surface area contributed by atoms with Crippen molar-refractivity contribution in [3.05, 3.63) is 35.7 Å². The first-order chi connectivity index (χ1) is 20.4. The molecule has 0 aliphatic heterocycles. The molecule has 1 aliphatic rings. The molecule has 3 aromatic rings. The van der Waals surface area contributed by atoms with E-state index in [2.05, 4.69) is 30.6 Å². The molecule has 220 valence electrons. The van der Waals surface area contributed by atoms with E-state index >= 15 is 0 Å². The van der Waals surface area contributed by atoms with Crippen LogP contribution in [-0.4, -0.2) is 66.2 Å². The van der Waals surface area contributed by atoms with E-state index in [4.69, 9.17) is 17.9 Å². The summed E-state index contributed by atoms with van der Waals surface area (Å²) in [5.74, 6) is -1.67. The number of aryl methyl sites for hydroxylation is 1. The number of ether oxygens (including phenoxy) is 1. The molecule has 16 nitrogen and oxygen atoms in total. The van der Waals surface area contributed by atoms with Crippen molar-refractivity contribution in [1.29, 1.82) is 0 Å². The summed E-state index contributed by atoms with van der Waals surface area (Å²) < 4.78 is 51.7. The number of nitrogens with one attached hydrogen (secondary N) is 2. The average molecular weight is 593 g/mol. The molecule has 17 heteroatoms. The van der Waals surface area contributed by atoms with Crippen molar-refractivity contribution in [2.75, 3.05) is 19.4 Å². The SMILES string of the molecule is [2H]C([2H])([2H])NC(=O)c1nn(COP(=O)(O)OC(C)(C)C)c(=NC(=O)C2CC2)cc1Nc1nccc(-c2cnn(C)n2)c1OC. The maximum Gasteiger partial charge on any atom is 0.474 e. The molecule has 1 aliphatic carbocycles. The highest BCUT2D eigenvalue weighted by molar-refractivity contribution is 7.47. The first-order valence-electron chi connectivity index (χ1n) is 13.8. The zero-order valence-electron chi connectivity index (χ0n) is 26.0. The number of phosphoric acid groups is 1. The van der Waals surface area contributed by atoms with Crippen molar-refractivity contribution >= 4 is 31.1 Å². The van der Waals surface area contributed by atoms with Gasteiger partial charge in [-0.3, -0.25) is 18.6 Å². The van der Waals surface area contributed by atoms with Crippen LogP contribution in [0, 0.1) is 5.92 Å². The lowest BCUT2D eigenvalue weighted by molar-refractivity contribution is -0.119. The number of aromatic nitrogens is 6. The number of pyridine rings is 1. The van der Waals surface area contributed by atoms with Crippen LogP contribution >= 0.6 is 7.82 Å². The van der Waals surface area contributed by atoms with Gasteiger partial charge in [-0.05, 0) is 39.7 Å². The van der Waals surface area contributed by atoms with Gasteiger partial charge in [0, 0.05) is 36.3 Å². The molecular weight excluding hydrogens is 557 g/mol. The summed E-state index contributed by atoms with van der Waals surface area (Å²) in [7, 11) is -1.63. The highest BCUT2D eigenvalue weighted by atomic mass is 31.2. The molecule has 0 spiro atoms. The number of carbonyl (C=O) groups excluding carboxylic acids is 2. The minimum atomic E-state index is -4.66. The highest BCUT2D eigenvalue weighted by Crippen LogP contribution is 2.47. The van der Waals surface area contributed by atoms with Crippen LogP contribution in [-0.2, 0) is 32.2 Å². The average Bonchev–Trinajstić information content (AvgIpc) is 3.66. The van der Waals surface area contributed by atoms with E-state index in [-0.39, 0.29) is 28.7 Å². The number of hydrogen-bond acceptors (Lipinski definition) is 11. The van der Waals surface area contributed by atoms with Gasteiger partial charge in [-0.2, -0.15) is 25.1 Å². The van der Waals surface area contributed by atoms with Gasteiger partial charge in [-0.25, -0.2) is 14.2 Å². The van der Waals surface area contributed by atoms with Gasteiger partial charge < -0.3 is 20.3 Å². The van der Waals surface area contributed by atoms with E-state index in [1.165, 1.54) is 30.4 Å². The van der Waals surface area contributed by atoms with E-state index in [0.717, 1.165) is 4.68 Å². The van der Waals surface area contributed by atoms with E-state index in [9.17, 15) is 19.0 Å². The zero-order chi connectivity index (χ0) is 32.4. The second kappa shape index (κ2) is 11.9. The number of rotatable bonds is 10. The minimum absolute atomic E-state index is 0.0762. The third-order valence-corrected chi connectivity index (χ3v) is 6.68. The normalized spacial score (nSPS) is 16.7. The molecule has 0 bridgehead atoms. The van der Waals surface area contributed by atoms with Gasteiger partial charge in [-0.1, -0.05) is 0 Å². The Bertz CT molecular complexity index is 1680. The molecule has 4 rings (SSSR count). The van der Waals surface area contributed by atoms with Crippen LogP contribution < -0.4 is 20.9 Å². The Morgan fingerprint density at radius 2 is 2.07 bits per heavy atom. The molecule has 1 unspecified atom stereocenters. The van der Waals surface area contributed by atoms with Crippen molar-refractivity contribution in [1.82, 2.24) is 35.1 Å². The quantitative estimate of drug-likeness (QED) is 0.290. The minimum Gasteiger partial charge on any atom is -0.492 e. The molecule has 41 heavy (non-hydrogen) atoms. The maximum absolute atomic E-state index is 13.2. The van der Waals surface area contributed by atoms with E-state index in [0.29, 0.717) is 24.1 Å². The predicted molar refractivity (Wildman–Crippen MR) is 145 cm³/mol. The topological polar surface area (TPSA) is 197 Å².